The maximum Gasteiger partial charge on any atom is 0.304 e. The molecule has 5 nitrogen and oxygen atoms in total. The molecule has 2 aliphatic heterocycles. The van der Waals surface area contributed by atoms with Gasteiger partial charge in [-0.15, -0.1) is 0 Å². The lowest BCUT2D eigenvalue weighted by atomic mass is 9.79. The molecule has 2 heterocycles. The SMILES string of the molecule is CC(C)[C@H]1CC[C@H](N2CCC(N3C(=O)C(CC(=O)O)c4ccccc43)CC2)CC1. The van der Waals surface area contributed by atoms with E-state index < -0.39 is 11.9 Å². The van der Waals surface area contributed by atoms with Gasteiger partial charge in [-0.25, -0.2) is 0 Å². The number of carboxylic acids is 1. The summed E-state index contributed by atoms with van der Waals surface area (Å²) in [6.45, 7) is 6.77. The van der Waals surface area contributed by atoms with Crippen LogP contribution in [-0.4, -0.2) is 47.1 Å². The average Bonchev–Trinajstić information content (AvgIpc) is 2.99. The number of hydrogen-bond acceptors (Lipinski definition) is 3. The zero-order chi connectivity index (χ0) is 20.5. The topological polar surface area (TPSA) is 60.9 Å². The Morgan fingerprint density at radius 1 is 1.03 bits per heavy atom. The third-order valence-corrected chi connectivity index (χ3v) is 7.55. The van der Waals surface area contributed by atoms with Crippen LogP contribution in [0.15, 0.2) is 24.3 Å². The van der Waals surface area contributed by atoms with E-state index in [4.69, 9.17) is 0 Å². The van der Waals surface area contributed by atoms with Crippen molar-refractivity contribution in [1.82, 2.24) is 4.90 Å². The van der Waals surface area contributed by atoms with Crippen molar-refractivity contribution in [3.63, 3.8) is 0 Å². The highest BCUT2D eigenvalue weighted by Crippen LogP contribution is 2.42. The molecule has 0 radical (unpaired) electrons. The van der Waals surface area contributed by atoms with Gasteiger partial charge in [-0.1, -0.05) is 32.0 Å². The van der Waals surface area contributed by atoms with Crippen LogP contribution >= 0.6 is 0 Å². The molecule has 158 valence electrons. The summed E-state index contributed by atoms with van der Waals surface area (Å²) in [5.41, 5.74) is 1.81. The van der Waals surface area contributed by atoms with E-state index >= 15 is 0 Å². The molecule has 1 aliphatic carbocycles. The summed E-state index contributed by atoms with van der Waals surface area (Å²) in [7, 11) is 0. The van der Waals surface area contributed by atoms with Crippen molar-refractivity contribution in [1.29, 1.82) is 0 Å². The van der Waals surface area contributed by atoms with Crippen LogP contribution in [0.5, 0.6) is 0 Å². The van der Waals surface area contributed by atoms with Crippen molar-refractivity contribution in [2.45, 2.75) is 76.8 Å². The van der Waals surface area contributed by atoms with E-state index in [1.807, 2.05) is 29.2 Å². The summed E-state index contributed by atoms with van der Waals surface area (Å²) in [5.74, 6) is 0.208. The Labute approximate surface area is 174 Å². The second-order valence-corrected chi connectivity index (χ2v) is 9.50. The number of para-hydroxylation sites is 1. The number of anilines is 1. The van der Waals surface area contributed by atoms with Gasteiger partial charge in [0.25, 0.3) is 0 Å². The van der Waals surface area contributed by atoms with Crippen molar-refractivity contribution in [2.24, 2.45) is 11.8 Å². The smallest absolute Gasteiger partial charge is 0.304 e. The fraction of sp³-hybridized carbons (Fsp3) is 0.667. The third-order valence-electron chi connectivity index (χ3n) is 7.55. The molecular weight excluding hydrogens is 364 g/mol. The first-order valence-electron chi connectivity index (χ1n) is 11.3. The maximum absolute atomic E-state index is 13.1. The number of piperidine rings is 1. The van der Waals surface area contributed by atoms with Crippen LogP contribution in [0.4, 0.5) is 5.69 Å². The van der Waals surface area contributed by atoms with Gasteiger partial charge in [0.05, 0.1) is 12.3 Å². The number of fused-ring (bicyclic) bond motifs is 1. The Morgan fingerprint density at radius 3 is 2.31 bits per heavy atom. The van der Waals surface area contributed by atoms with Crippen molar-refractivity contribution in [3.05, 3.63) is 29.8 Å². The van der Waals surface area contributed by atoms with Gasteiger partial charge >= 0.3 is 5.97 Å². The Balaban J connectivity index is 1.40. The quantitative estimate of drug-likeness (QED) is 0.805. The Kier molecular flexibility index (Phi) is 5.95. The van der Waals surface area contributed by atoms with Crippen LogP contribution in [0, 0.1) is 11.8 Å². The van der Waals surface area contributed by atoms with E-state index in [1.54, 1.807) is 0 Å². The highest BCUT2D eigenvalue weighted by molar-refractivity contribution is 6.06. The molecule has 1 amide bonds. The van der Waals surface area contributed by atoms with Gasteiger partial charge in [-0.2, -0.15) is 0 Å². The van der Waals surface area contributed by atoms with Crippen LogP contribution in [0.2, 0.25) is 0 Å². The van der Waals surface area contributed by atoms with E-state index in [-0.39, 0.29) is 18.4 Å². The largest absolute Gasteiger partial charge is 0.481 e. The lowest BCUT2D eigenvalue weighted by Crippen LogP contribution is -2.50. The number of hydrogen-bond donors (Lipinski definition) is 1. The average molecular weight is 399 g/mol. The maximum atomic E-state index is 13.1. The van der Waals surface area contributed by atoms with Crippen molar-refractivity contribution in [3.8, 4) is 0 Å². The molecule has 0 spiro atoms. The summed E-state index contributed by atoms with van der Waals surface area (Å²) in [6, 6.07) is 8.64. The summed E-state index contributed by atoms with van der Waals surface area (Å²) >= 11 is 0. The molecule has 1 aromatic carbocycles. The second-order valence-electron chi connectivity index (χ2n) is 9.50. The molecule has 1 unspecified atom stereocenters. The fourth-order valence-electron chi connectivity index (χ4n) is 5.81. The van der Waals surface area contributed by atoms with Gasteiger partial charge in [-0.05, 0) is 62.0 Å². The van der Waals surface area contributed by atoms with Gasteiger partial charge in [0.1, 0.15) is 0 Å². The number of likely N-dealkylation sites (tertiary alicyclic amines) is 1. The molecule has 1 saturated carbocycles. The first-order chi connectivity index (χ1) is 14.0. The molecule has 1 aromatic rings. The molecule has 0 aromatic heterocycles. The molecule has 0 bridgehead atoms. The zero-order valence-electron chi connectivity index (χ0n) is 17.7. The Bertz CT molecular complexity index is 746. The fourth-order valence-corrected chi connectivity index (χ4v) is 5.81. The number of nitrogens with zero attached hydrogens (tertiary/aromatic N) is 2. The molecule has 2 fully saturated rings. The monoisotopic (exact) mass is 398 g/mol. The van der Waals surface area contributed by atoms with Crippen LogP contribution in [0.25, 0.3) is 0 Å². The highest BCUT2D eigenvalue weighted by atomic mass is 16.4. The molecule has 3 aliphatic rings. The van der Waals surface area contributed by atoms with Crippen molar-refractivity contribution < 1.29 is 14.7 Å². The number of benzene rings is 1. The van der Waals surface area contributed by atoms with Gasteiger partial charge in [-0.3, -0.25) is 9.59 Å². The standard InChI is InChI=1S/C24H34N2O3/c1-16(2)17-7-9-18(10-8-17)25-13-11-19(12-14-25)26-22-6-4-3-5-20(22)21(24(26)29)15-23(27)28/h3-6,16-19,21H,7-15H2,1-2H3,(H,27,28)/t17-,18-,21?. The number of aliphatic carboxylic acids is 1. The molecule has 1 saturated heterocycles. The van der Waals surface area contributed by atoms with Crippen LogP contribution in [0.1, 0.15) is 70.3 Å². The minimum Gasteiger partial charge on any atom is -0.481 e. The highest BCUT2D eigenvalue weighted by Gasteiger charge is 2.42. The first kappa shape index (κ1) is 20.4. The van der Waals surface area contributed by atoms with Gasteiger partial charge in [0, 0.05) is 30.9 Å². The Hall–Kier alpha value is -1.88. The van der Waals surface area contributed by atoms with Crippen LogP contribution in [-0.2, 0) is 9.59 Å². The van der Waals surface area contributed by atoms with Crippen molar-refractivity contribution in [2.75, 3.05) is 18.0 Å². The lowest BCUT2D eigenvalue weighted by Gasteiger charge is -2.43. The predicted octanol–water partition coefficient (Wildman–Crippen LogP) is 4.27. The lowest BCUT2D eigenvalue weighted by molar-refractivity contribution is -0.139. The molecule has 4 rings (SSSR count). The summed E-state index contributed by atoms with van der Waals surface area (Å²) in [4.78, 5) is 29.0. The predicted molar refractivity (Wildman–Crippen MR) is 114 cm³/mol. The van der Waals surface area contributed by atoms with Crippen LogP contribution in [0.3, 0.4) is 0 Å². The molecule has 29 heavy (non-hydrogen) atoms. The normalized spacial score (nSPS) is 28.7. The minimum atomic E-state index is -0.910. The molecule has 1 N–H and O–H groups in total. The Morgan fingerprint density at radius 2 is 1.69 bits per heavy atom. The molecule has 5 heteroatoms. The van der Waals surface area contributed by atoms with E-state index in [0.29, 0.717) is 6.04 Å². The summed E-state index contributed by atoms with van der Waals surface area (Å²) in [6.07, 6.45) is 7.13. The number of carbonyl (C=O) groups is 2. The van der Waals surface area contributed by atoms with Crippen molar-refractivity contribution >= 4 is 17.6 Å². The van der Waals surface area contributed by atoms with Gasteiger partial charge in [0.15, 0.2) is 0 Å². The number of amides is 1. The second kappa shape index (κ2) is 8.47. The number of carbonyl (C=O) groups excluding carboxylic acids is 1. The first-order valence-corrected chi connectivity index (χ1v) is 11.3. The van der Waals surface area contributed by atoms with Gasteiger partial charge in [0.2, 0.25) is 5.91 Å². The number of rotatable bonds is 5. The third kappa shape index (κ3) is 4.07. The molecule has 1 atom stereocenters. The number of carboxylic acid groups (broad SMARTS) is 1. The summed E-state index contributed by atoms with van der Waals surface area (Å²) < 4.78 is 0. The van der Waals surface area contributed by atoms with E-state index in [2.05, 4.69) is 18.7 Å². The summed E-state index contributed by atoms with van der Waals surface area (Å²) in [5, 5.41) is 9.27. The van der Waals surface area contributed by atoms with Gasteiger partial charge < -0.3 is 14.9 Å². The minimum absolute atomic E-state index is 0.0236. The van der Waals surface area contributed by atoms with E-state index in [1.165, 1.54) is 25.7 Å². The van der Waals surface area contributed by atoms with E-state index in [0.717, 1.165) is 49.0 Å². The van der Waals surface area contributed by atoms with E-state index in [9.17, 15) is 14.7 Å². The zero-order valence-corrected chi connectivity index (χ0v) is 17.7. The molecular formula is C24H34N2O3. The van der Waals surface area contributed by atoms with Crippen LogP contribution < -0.4 is 4.90 Å².